The highest BCUT2D eigenvalue weighted by atomic mass is 32.2. The molecule has 0 aliphatic rings. The number of oxime groups is 1. The minimum Gasteiger partial charge on any atom is -0.399 e. The van der Waals surface area contributed by atoms with E-state index in [0.29, 0.717) is 0 Å². The Labute approximate surface area is 218 Å². The highest BCUT2D eigenvalue weighted by molar-refractivity contribution is 7.85. The first-order chi connectivity index (χ1) is 17.9. The first-order valence-electron chi connectivity index (χ1n) is 11.8. The van der Waals surface area contributed by atoms with Crippen LogP contribution in [-0.4, -0.2) is 52.9 Å². The van der Waals surface area contributed by atoms with Crippen LogP contribution in [0.3, 0.4) is 0 Å². The van der Waals surface area contributed by atoms with E-state index in [1.807, 2.05) is 91.0 Å². The van der Waals surface area contributed by atoms with Crippen molar-refractivity contribution in [2.75, 3.05) is 20.0 Å². The summed E-state index contributed by atoms with van der Waals surface area (Å²) < 4.78 is 47.6. The number of hydrogen-bond donors (Lipinski definition) is 0. The van der Waals surface area contributed by atoms with Crippen molar-refractivity contribution in [2.24, 2.45) is 5.16 Å². The molecule has 8 nitrogen and oxygen atoms in total. The second-order valence-electron chi connectivity index (χ2n) is 8.28. The number of nitrogens with zero attached hydrogens (tertiary/aromatic N) is 1. The molecule has 0 saturated heterocycles. The average Bonchev–Trinajstić information content (AvgIpc) is 2.91. The van der Waals surface area contributed by atoms with Crippen LogP contribution in [0.15, 0.2) is 96.2 Å². The lowest BCUT2D eigenvalue weighted by molar-refractivity contribution is -0.141. The van der Waals surface area contributed by atoms with Crippen molar-refractivity contribution in [3.05, 3.63) is 108 Å². The van der Waals surface area contributed by atoms with Crippen molar-refractivity contribution in [1.29, 1.82) is 0 Å². The molecule has 9 heteroatoms. The normalized spacial score (nSPS) is 14.3. The summed E-state index contributed by atoms with van der Waals surface area (Å²) in [5.41, 5.74) is 2.80. The van der Waals surface area contributed by atoms with Gasteiger partial charge in [0.05, 0.1) is 38.9 Å². The van der Waals surface area contributed by atoms with Crippen LogP contribution >= 0.6 is 0 Å². The van der Waals surface area contributed by atoms with Crippen molar-refractivity contribution in [3.63, 3.8) is 0 Å². The van der Waals surface area contributed by atoms with E-state index < -0.39 is 28.4 Å². The number of hydrogen-bond acceptors (Lipinski definition) is 8. The Morgan fingerprint density at radius 3 is 1.65 bits per heavy atom. The summed E-state index contributed by atoms with van der Waals surface area (Å²) in [6.45, 7) is 0.459. The Hall–Kier alpha value is -3.08. The predicted molar refractivity (Wildman–Crippen MR) is 141 cm³/mol. The van der Waals surface area contributed by atoms with E-state index in [4.69, 9.17) is 23.2 Å². The standard InChI is InChI=1S/C28H33NO7S/c1-32-29-18-26(33-19-23-12-6-3-7-13-23)28(35-21-25-16-10-5-11-17-25)27(22-36-37(2,30)31)34-20-24-14-8-4-9-15-24/h3-18,26-28H,19-22H2,1-2H3/b29-18+/t26-,27-,28+/m1/s1. The largest absolute Gasteiger partial charge is 0.399 e. The van der Waals surface area contributed by atoms with Crippen molar-refractivity contribution in [2.45, 2.75) is 38.1 Å². The molecule has 0 fully saturated rings. The van der Waals surface area contributed by atoms with Gasteiger partial charge in [-0.3, -0.25) is 4.18 Å². The molecule has 0 radical (unpaired) electrons. The van der Waals surface area contributed by atoms with Crippen LogP contribution in [0.25, 0.3) is 0 Å². The molecular formula is C28H33NO7S. The zero-order valence-electron chi connectivity index (χ0n) is 21.0. The van der Waals surface area contributed by atoms with Crippen molar-refractivity contribution >= 4 is 16.3 Å². The van der Waals surface area contributed by atoms with Gasteiger partial charge in [-0.1, -0.05) is 96.2 Å². The maximum Gasteiger partial charge on any atom is 0.264 e. The van der Waals surface area contributed by atoms with Gasteiger partial charge in [0.25, 0.3) is 10.1 Å². The van der Waals surface area contributed by atoms with E-state index in [0.717, 1.165) is 22.9 Å². The Morgan fingerprint density at radius 1 is 0.730 bits per heavy atom. The summed E-state index contributed by atoms with van der Waals surface area (Å²) in [5, 5.41) is 3.93. The molecule has 0 aromatic heterocycles. The molecule has 3 atom stereocenters. The van der Waals surface area contributed by atoms with Crippen LogP contribution in [0.1, 0.15) is 16.7 Å². The molecule has 198 valence electrons. The summed E-state index contributed by atoms with van der Waals surface area (Å²) >= 11 is 0. The summed E-state index contributed by atoms with van der Waals surface area (Å²) in [4.78, 5) is 4.93. The quantitative estimate of drug-likeness (QED) is 0.155. The topological polar surface area (TPSA) is 92.6 Å². The summed E-state index contributed by atoms with van der Waals surface area (Å²) in [5.74, 6) is 0. The molecule has 0 spiro atoms. The smallest absolute Gasteiger partial charge is 0.264 e. The van der Waals surface area contributed by atoms with Gasteiger partial charge in [0.1, 0.15) is 25.4 Å². The van der Waals surface area contributed by atoms with Crippen LogP contribution < -0.4 is 0 Å². The van der Waals surface area contributed by atoms with Gasteiger partial charge < -0.3 is 19.0 Å². The maximum atomic E-state index is 11.9. The third-order valence-electron chi connectivity index (χ3n) is 5.33. The number of rotatable bonds is 16. The highest BCUT2D eigenvalue weighted by Gasteiger charge is 2.33. The molecular weight excluding hydrogens is 494 g/mol. The van der Waals surface area contributed by atoms with E-state index >= 15 is 0 Å². The molecule has 0 aliphatic heterocycles. The van der Waals surface area contributed by atoms with Crippen molar-refractivity contribution < 1.29 is 31.6 Å². The van der Waals surface area contributed by atoms with Gasteiger partial charge in [-0.2, -0.15) is 8.42 Å². The minimum absolute atomic E-state index is 0.219. The lowest BCUT2D eigenvalue weighted by Gasteiger charge is -2.31. The molecule has 3 aromatic rings. The molecule has 3 aromatic carbocycles. The van der Waals surface area contributed by atoms with E-state index in [1.54, 1.807) is 0 Å². The molecule has 0 heterocycles. The molecule has 0 saturated carbocycles. The van der Waals surface area contributed by atoms with Crippen LogP contribution in [-0.2, 0) is 53.2 Å². The van der Waals surface area contributed by atoms with Gasteiger partial charge in [-0.15, -0.1) is 0 Å². The first kappa shape index (κ1) is 28.5. The average molecular weight is 528 g/mol. The second kappa shape index (κ2) is 15.2. The van der Waals surface area contributed by atoms with Gasteiger partial charge in [-0.05, 0) is 16.7 Å². The van der Waals surface area contributed by atoms with E-state index in [1.165, 1.54) is 13.3 Å². The highest BCUT2D eigenvalue weighted by Crippen LogP contribution is 2.19. The fourth-order valence-corrected chi connectivity index (χ4v) is 3.88. The van der Waals surface area contributed by atoms with Crippen molar-refractivity contribution in [1.82, 2.24) is 0 Å². The van der Waals surface area contributed by atoms with Gasteiger partial charge >= 0.3 is 0 Å². The molecule has 0 N–H and O–H groups in total. The Bertz CT molecular complexity index is 1160. The van der Waals surface area contributed by atoms with Gasteiger partial charge in [0, 0.05) is 0 Å². The minimum atomic E-state index is -3.74. The van der Waals surface area contributed by atoms with Crippen LogP contribution in [0.2, 0.25) is 0 Å². The molecule has 0 bridgehead atoms. The van der Waals surface area contributed by atoms with Crippen LogP contribution in [0.5, 0.6) is 0 Å². The van der Waals surface area contributed by atoms with E-state index in [2.05, 4.69) is 5.16 Å². The molecule has 37 heavy (non-hydrogen) atoms. The lowest BCUT2D eigenvalue weighted by atomic mass is 10.1. The Kier molecular flexibility index (Phi) is 11.7. The van der Waals surface area contributed by atoms with Crippen LogP contribution in [0, 0.1) is 0 Å². The number of ether oxygens (including phenoxy) is 3. The van der Waals surface area contributed by atoms with Gasteiger partial charge in [0.2, 0.25) is 0 Å². The lowest BCUT2D eigenvalue weighted by Crippen LogP contribution is -2.46. The first-order valence-corrected chi connectivity index (χ1v) is 13.6. The summed E-state index contributed by atoms with van der Waals surface area (Å²) in [6, 6.07) is 28.8. The maximum absolute atomic E-state index is 11.9. The Morgan fingerprint density at radius 2 is 1.19 bits per heavy atom. The molecule has 0 aliphatic carbocycles. The zero-order chi connectivity index (χ0) is 26.3. The SMILES string of the molecule is CO/N=C/[C@@H](OCc1ccccc1)[C@H](OCc1ccccc1)[C@@H](COS(C)(=O)=O)OCc1ccccc1. The monoisotopic (exact) mass is 527 g/mol. The zero-order valence-corrected chi connectivity index (χ0v) is 21.8. The predicted octanol–water partition coefficient (Wildman–Crippen LogP) is 4.35. The van der Waals surface area contributed by atoms with Gasteiger partial charge in [0.15, 0.2) is 0 Å². The van der Waals surface area contributed by atoms with E-state index in [-0.39, 0.29) is 26.4 Å². The number of benzene rings is 3. The van der Waals surface area contributed by atoms with Gasteiger partial charge in [-0.25, -0.2) is 0 Å². The molecule has 3 rings (SSSR count). The molecule has 0 amide bonds. The summed E-state index contributed by atoms with van der Waals surface area (Å²) in [7, 11) is -2.30. The van der Waals surface area contributed by atoms with Crippen molar-refractivity contribution in [3.8, 4) is 0 Å². The molecule has 0 unspecified atom stereocenters. The summed E-state index contributed by atoms with van der Waals surface area (Å²) in [6.07, 6.45) is 0.137. The third-order valence-corrected chi connectivity index (χ3v) is 5.89. The van der Waals surface area contributed by atoms with Crippen LogP contribution in [0.4, 0.5) is 0 Å². The fraction of sp³-hybridized carbons (Fsp3) is 0.321. The fourth-order valence-electron chi connectivity index (χ4n) is 3.50. The second-order valence-corrected chi connectivity index (χ2v) is 9.93. The third kappa shape index (κ3) is 10.8. The Balaban J connectivity index is 1.88. The van der Waals surface area contributed by atoms with E-state index in [9.17, 15) is 8.42 Å².